The van der Waals surface area contributed by atoms with Gasteiger partial charge in [0.25, 0.3) is 0 Å². The maximum Gasteiger partial charge on any atom is 0.354 e. The second-order valence-corrected chi connectivity index (χ2v) is 4.01. The predicted octanol–water partition coefficient (Wildman–Crippen LogP) is 1.45. The molecular formula is C10H14N2O3. The van der Waals surface area contributed by atoms with Crippen LogP contribution in [0.25, 0.3) is 0 Å². The number of imidazole rings is 1. The molecule has 1 saturated carbocycles. The van der Waals surface area contributed by atoms with Crippen LogP contribution in [0.3, 0.4) is 0 Å². The van der Waals surface area contributed by atoms with Gasteiger partial charge in [-0.25, -0.2) is 9.59 Å². The Morgan fingerprint density at radius 2 is 1.87 bits per heavy atom. The zero-order chi connectivity index (χ0) is 10.8. The van der Waals surface area contributed by atoms with E-state index in [0.29, 0.717) is 5.69 Å². The van der Waals surface area contributed by atoms with Crippen LogP contribution in [0.1, 0.15) is 54.2 Å². The number of rotatable bonds is 2. The van der Waals surface area contributed by atoms with Gasteiger partial charge in [0, 0.05) is 5.92 Å². The molecule has 0 unspecified atom stereocenters. The lowest BCUT2D eigenvalue weighted by Gasteiger charge is -2.20. The fourth-order valence-corrected chi connectivity index (χ4v) is 2.26. The number of carboxylic acid groups (broad SMARTS) is 1. The average Bonchev–Trinajstić information content (AvgIpc) is 2.62. The van der Waals surface area contributed by atoms with Crippen LogP contribution in [0.2, 0.25) is 0 Å². The first-order valence-electron chi connectivity index (χ1n) is 5.24. The van der Waals surface area contributed by atoms with E-state index in [4.69, 9.17) is 5.11 Å². The highest BCUT2D eigenvalue weighted by Gasteiger charge is 2.23. The minimum absolute atomic E-state index is 0.0342. The van der Waals surface area contributed by atoms with Crippen molar-refractivity contribution in [2.75, 3.05) is 0 Å². The Kier molecular flexibility index (Phi) is 2.62. The molecule has 1 fully saturated rings. The average molecular weight is 210 g/mol. The molecule has 0 atom stereocenters. The number of nitrogens with one attached hydrogen (secondary N) is 2. The van der Waals surface area contributed by atoms with Crippen molar-refractivity contribution >= 4 is 5.97 Å². The van der Waals surface area contributed by atoms with Crippen LogP contribution in [0.5, 0.6) is 0 Å². The van der Waals surface area contributed by atoms with Gasteiger partial charge in [-0.05, 0) is 12.8 Å². The number of carbonyl (C=O) groups is 1. The SMILES string of the molecule is O=C(O)c1[nH]c(=O)[nH]c1C1CCCCC1. The smallest absolute Gasteiger partial charge is 0.354 e. The summed E-state index contributed by atoms with van der Waals surface area (Å²) in [6, 6.07) is 0. The zero-order valence-electron chi connectivity index (χ0n) is 8.38. The van der Waals surface area contributed by atoms with Gasteiger partial charge in [0.2, 0.25) is 0 Å². The third-order valence-electron chi connectivity index (χ3n) is 2.98. The Bertz CT molecular complexity index is 413. The van der Waals surface area contributed by atoms with Crippen LogP contribution in [0.15, 0.2) is 4.79 Å². The van der Waals surface area contributed by atoms with Crippen molar-refractivity contribution in [3.8, 4) is 0 Å². The van der Waals surface area contributed by atoms with E-state index in [1.165, 1.54) is 6.42 Å². The summed E-state index contributed by atoms with van der Waals surface area (Å²) in [6.45, 7) is 0. The second kappa shape index (κ2) is 3.92. The molecule has 2 rings (SSSR count). The summed E-state index contributed by atoms with van der Waals surface area (Å²) >= 11 is 0. The highest BCUT2D eigenvalue weighted by Crippen LogP contribution is 2.32. The minimum Gasteiger partial charge on any atom is -0.477 e. The molecule has 0 aromatic carbocycles. The van der Waals surface area contributed by atoms with Crippen molar-refractivity contribution in [1.82, 2.24) is 9.97 Å². The zero-order valence-corrected chi connectivity index (χ0v) is 8.38. The molecule has 0 amide bonds. The maximum atomic E-state index is 11.1. The molecule has 0 aliphatic heterocycles. The summed E-state index contributed by atoms with van der Waals surface area (Å²) < 4.78 is 0. The van der Waals surface area contributed by atoms with E-state index >= 15 is 0 Å². The first-order valence-corrected chi connectivity index (χ1v) is 5.24. The Labute approximate surface area is 86.5 Å². The molecule has 3 N–H and O–H groups in total. The van der Waals surface area contributed by atoms with Crippen LogP contribution in [0, 0.1) is 0 Å². The van der Waals surface area contributed by atoms with Crippen molar-refractivity contribution in [3.05, 3.63) is 21.9 Å². The fourth-order valence-electron chi connectivity index (χ4n) is 2.26. The number of H-pyrrole nitrogens is 2. The summed E-state index contributed by atoms with van der Waals surface area (Å²) in [5, 5.41) is 8.92. The van der Waals surface area contributed by atoms with Crippen molar-refractivity contribution in [1.29, 1.82) is 0 Å². The van der Waals surface area contributed by atoms with Gasteiger partial charge >= 0.3 is 11.7 Å². The summed E-state index contributed by atoms with van der Waals surface area (Å²) in [5.41, 5.74) is 0.187. The summed E-state index contributed by atoms with van der Waals surface area (Å²) in [5.74, 6) is -0.863. The van der Waals surface area contributed by atoms with E-state index < -0.39 is 11.7 Å². The Balaban J connectivity index is 2.33. The highest BCUT2D eigenvalue weighted by molar-refractivity contribution is 5.86. The molecule has 5 nitrogen and oxygen atoms in total. The van der Waals surface area contributed by atoms with Gasteiger partial charge in [-0.1, -0.05) is 19.3 Å². The molecule has 1 aromatic rings. The number of aromatic amines is 2. The van der Waals surface area contributed by atoms with Gasteiger partial charge in [0.1, 0.15) is 5.69 Å². The molecule has 5 heteroatoms. The third-order valence-corrected chi connectivity index (χ3v) is 2.98. The molecule has 0 radical (unpaired) electrons. The molecule has 1 aliphatic rings. The van der Waals surface area contributed by atoms with E-state index in [1.807, 2.05) is 0 Å². The molecule has 82 valence electrons. The topological polar surface area (TPSA) is 85.9 Å². The Morgan fingerprint density at radius 3 is 2.47 bits per heavy atom. The maximum absolute atomic E-state index is 11.1. The predicted molar refractivity (Wildman–Crippen MR) is 54.2 cm³/mol. The molecule has 0 saturated heterocycles. The minimum atomic E-state index is -1.06. The standard InChI is InChI=1S/C10H14N2O3/c13-9(14)8-7(11-10(15)12-8)6-4-2-1-3-5-6/h6H,1-5H2,(H,13,14)(H2,11,12,15). The highest BCUT2D eigenvalue weighted by atomic mass is 16.4. The van der Waals surface area contributed by atoms with Gasteiger partial charge in [-0.3, -0.25) is 4.98 Å². The van der Waals surface area contributed by atoms with Crippen molar-refractivity contribution in [2.24, 2.45) is 0 Å². The first kappa shape index (κ1) is 10.0. The summed E-state index contributed by atoms with van der Waals surface area (Å²) in [4.78, 5) is 26.9. The van der Waals surface area contributed by atoms with Gasteiger partial charge < -0.3 is 10.1 Å². The molecule has 1 aromatic heterocycles. The van der Waals surface area contributed by atoms with E-state index in [1.54, 1.807) is 0 Å². The number of aromatic carboxylic acids is 1. The van der Waals surface area contributed by atoms with Gasteiger partial charge in [0.15, 0.2) is 0 Å². The number of hydrogen-bond acceptors (Lipinski definition) is 2. The lowest BCUT2D eigenvalue weighted by atomic mass is 9.86. The first-order chi connectivity index (χ1) is 7.18. The monoisotopic (exact) mass is 210 g/mol. The van der Waals surface area contributed by atoms with Crippen LogP contribution < -0.4 is 5.69 Å². The number of hydrogen-bond donors (Lipinski definition) is 3. The van der Waals surface area contributed by atoms with Crippen LogP contribution in [0.4, 0.5) is 0 Å². The Hall–Kier alpha value is -1.52. The lowest BCUT2D eigenvalue weighted by molar-refractivity contribution is 0.0688. The van der Waals surface area contributed by atoms with Crippen molar-refractivity contribution < 1.29 is 9.90 Å². The van der Waals surface area contributed by atoms with E-state index in [2.05, 4.69) is 9.97 Å². The molecule has 0 spiro atoms. The largest absolute Gasteiger partial charge is 0.477 e. The van der Waals surface area contributed by atoms with Crippen molar-refractivity contribution in [3.63, 3.8) is 0 Å². The molecular weight excluding hydrogens is 196 g/mol. The van der Waals surface area contributed by atoms with E-state index in [0.717, 1.165) is 25.7 Å². The van der Waals surface area contributed by atoms with Crippen LogP contribution in [-0.4, -0.2) is 21.0 Å². The van der Waals surface area contributed by atoms with Gasteiger partial charge in [0.05, 0.1) is 5.69 Å². The van der Waals surface area contributed by atoms with E-state index in [-0.39, 0.29) is 11.6 Å². The molecule has 15 heavy (non-hydrogen) atoms. The Morgan fingerprint density at radius 1 is 1.20 bits per heavy atom. The third kappa shape index (κ3) is 1.95. The normalized spacial score (nSPS) is 17.9. The number of aromatic nitrogens is 2. The van der Waals surface area contributed by atoms with E-state index in [9.17, 15) is 9.59 Å². The van der Waals surface area contributed by atoms with Gasteiger partial charge in [-0.15, -0.1) is 0 Å². The molecule has 0 bridgehead atoms. The quantitative estimate of drug-likeness (QED) is 0.690. The van der Waals surface area contributed by atoms with Gasteiger partial charge in [-0.2, -0.15) is 0 Å². The lowest BCUT2D eigenvalue weighted by Crippen LogP contribution is -2.10. The van der Waals surface area contributed by atoms with Crippen molar-refractivity contribution in [2.45, 2.75) is 38.0 Å². The summed E-state index contributed by atoms with van der Waals surface area (Å²) in [6.07, 6.45) is 5.35. The fraction of sp³-hybridized carbons (Fsp3) is 0.600. The van der Waals surface area contributed by atoms with Crippen LogP contribution in [-0.2, 0) is 0 Å². The second-order valence-electron chi connectivity index (χ2n) is 4.01. The molecule has 1 aliphatic carbocycles. The summed E-state index contributed by atoms with van der Waals surface area (Å²) in [7, 11) is 0. The number of carboxylic acids is 1. The molecule has 1 heterocycles. The van der Waals surface area contributed by atoms with Crippen LogP contribution >= 0.6 is 0 Å².